The number of aliphatic hydroxyl groups excluding tert-OH is 1. The Kier molecular flexibility index (Phi) is 6.75. The van der Waals surface area contributed by atoms with Gasteiger partial charge in [-0.3, -0.25) is 4.90 Å². The van der Waals surface area contributed by atoms with E-state index < -0.39 is 0 Å². The minimum Gasteiger partial charge on any atom is -0.508 e. The Labute approximate surface area is 258 Å². The third-order valence-electron chi connectivity index (χ3n) is 11.0. The molecule has 2 bridgehead atoms. The molecule has 4 atom stereocenters. The van der Waals surface area contributed by atoms with Crippen molar-refractivity contribution in [1.29, 1.82) is 0 Å². The van der Waals surface area contributed by atoms with Crippen LogP contribution in [0.1, 0.15) is 55.8 Å². The molecule has 1 aromatic heterocycles. The summed E-state index contributed by atoms with van der Waals surface area (Å²) in [5, 5.41) is 23.0. The molecule has 0 radical (unpaired) electrons. The molecule has 44 heavy (non-hydrogen) atoms. The number of nitrogens with zero attached hydrogens (tertiary/aromatic N) is 5. The van der Waals surface area contributed by atoms with Gasteiger partial charge in [0, 0.05) is 54.8 Å². The number of aryl methyl sites for hydroxylation is 1. The maximum atomic E-state index is 15.0. The van der Waals surface area contributed by atoms with E-state index in [-0.39, 0.29) is 29.1 Å². The second-order valence-corrected chi connectivity index (χ2v) is 13.9. The monoisotopic (exact) mass is 599 g/mol. The summed E-state index contributed by atoms with van der Waals surface area (Å²) in [4.78, 5) is 17.2. The van der Waals surface area contributed by atoms with Gasteiger partial charge in [0.1, 0.15) is 24.0 Å². The van der Waals surface area contributed by atoms with Crippen molar-refractivity contribution >= 4 is 22.3 Å². The van der Waals surface area contributed by atoms with Crippen LogP contribution in [0.5, 0.6) is 11.8 Å². The molecular weight excluding hydrogens is 557 g/mol. The highest BCUT2D eigenvalue weighted by molar-refractivity contribution is 5.98. The lowest BCUT2D eigenvalue weighted by Gasteiger charge is -2.37. The summed E-state index contributed by atoms with van der Waals surface area (Å²) in [5.41, 5.74) is 4.77. The zero-order valence-electron chi connectivity index (χ0n) is 25.6. The topological polar surface area (TPSA) is 85.2 Å². The van der Waals surface area contributed by atoms with Gasteiger partial charge in [-0.2, -0.15) is 9.97 Å². The number of anilines is 2. The number of phenolic OH excluding ortho intramolecular Hbond substituents is 1. The maximum Gasteiger partial charge on any atom is 0.318 e. The fourth-order valence-corrected chi connectivity index (χ4v) is 9.04. The van der Waals surface area contributed by atoms with Crippen LogP contribution in [-0.4, -0.2) is 76.1 Å². The second kappa shape index (κ2) is 10.6. The molecule has 0 amide bonds. The molecule has 8 rings (SSSR count). The van der Waals surface area contributed by atoms with E-state index in [1.54, 1.807) is 18.2 Å². The standard InChI is InChI=1S/C35H42FN5O3/c1-3-26-28(36)6-5-23-13-25(42)14-30(32(23)26)39-10-7-27-29(19-39)37-34(44-20-35-8-4-9-41(35)16-21(2)15-35)38-33(27)40-17-22-11-24(18-40)31(43)12-22/h5-6,13-14,22,24,31,42-43H,2-4,7-12,15-20H2,1H3/t22-,24-,31-,35?/m1/s1. The molecule has 9 heteroatoms. The quantitative estimate of drug-likeness (QED) is 0.384. The zero-order chi connectivity index (χ0) is 30.2. The zero-order valence-corrected chi connectivity index (χ0v) is 25.6. The van der Waals surface area contributed by atoms with Crippen LogP contribution in [0.4, 0.5) is 15.9 Å². The highest BCUT2D eigenvalue weighted by atomic mass is 19.1. The molecule has 4 fully saturated rings. The van der Waals surface area contributed by atoms with Crippen LogP contribution in [0.25, 0.3) is 10.8 Å². The molecule has 8 nitrogen and oxygen atoms in total. The van der Waals surface area contributed by atoms with Gasteiger partial charge in [0.2, 0.25) is 0 Å². The number of aliphatic hydroxyl groups is 1. The normalized spacial score (nSPS) is 28.2. The first-order valence-corrected chi connectivity index (χ1v) is 16.4. The van der Waals surface area contributed by atoms with E-state index in [0.717, 1.165) is 91.8 Å². The Morgan fingerprint density at radius 3 is 2.84 bits per heavy atom. The number of piperidine rings is 1. The van der Waals surface area contributed by atoms with E-state index in [0.29, 0.717) is 43.6 Å². The van der Waals surface area contributed by atoms with Crippen molar-refractivity contribution in [3.63, 3.8) is 0 Å². The van der Waals surface area contributed by atoms with Crippen molar-refractivity contribution in [2.75, 3.05) is 49.1 Å². The molecule has 5 heterocycles. The van der Waals surface area contributed by atoms with Crippen molar-refractivity contribution in [3.8, 4) is 11.8 Å². The molecule has 1 aliphatic carbocycles. The van der Waals surface area contributed by atoms with Gasteiger partial charge in [-0.15, -0.1) is 0 Å². The summed E-state index contributed by atoms with van der Waals surface area (Å²) < 4.78 is 21.5. The third-order valence-corrected chi connectivity index (χ3v) is 11.0. The number of halogens is 1. The van der Waals surface area contributed by atoms with Gasteiger partial charge in [0.25, 0.3) is 0 Å². The lowest BCUT2D eigenvalue weighted by atomic mass is 9.94. The first-order chi connectivity index (χ1) is 21.3. The SMILES string of the molecule is C=C1CN2CCCC2(COc2nc3c(c(N4C[C@@H]5C[C@H](C4)[C@H](O)C5)n2)CCN(c2cc(O)cc4ccc(F)c(CC)c24)C3)C1. The van der Waals surface area contributed by atoms with Crippen molar-refractivity contribution in [1.82, 2.24) is 14.9 Å². The molecule has 1 saturated carbocycles. The average molecular weight is 600 g/mol. The van der Waals surface area contributed by atoms with E-state index >= 15 is 0 Å². The molecule has 0 spiro atoms. The summed E-state index contributed by atoms with van der Waals surface area (Å²) in [5.74, 6) is 1.61. The lowest BCUT2D eigenvalue weighted by molar-refractivity contribution is 0.107. The van der Waals surface area contributed by atoms with Crippen LogP contribution >= 0.6 is 0 Å². The fraction of sp³-hybridized carbons (Fsp3) is 0.543. The largest absolute Gasteiger partial charge is 0.508 e. The van der Waals surface area contributed by atoms with Gasteiger partial charge >= 0.3 is 6.01 Å². The van der Waals surface area contributed by atoms with E-state index in [1.165, 1.54) is 18.1 Å². The van der Waals surface area contributed by atoms with Gasteiger partial charge in [0.05, 0.1) is 23.9 Å². The first kappa shape index (κ1) is 28.1. The molecule has 4 aliphatic heterocycles. The van der Waals surface area contributed by atoms with E-state index in [1.807, 2.05) is 6.92 Å². The van der Waals surface area contributed by atoms with E-state index in [4.69, 9.17) is 14.7 Å². The summed E-state index contributed by atoms with van der Waals surface area (Å²) in [6.45, 7) is 11.7. The van der Waals surface area contributed by atoms with Crippen molar-refractivity contribution in [2.45, 2.75) is 70.1 Å². The number of aromatic hydroxyl groups is 1. The van der Waals surface area contributed by atoms with E-state index in [2.05, 4.69) is 21.3 Å². The van der Waals surface area contributed by atoms with Crippen LogP contribution < -0.4 is 14.5 Å². The predicted octanol–water partition coefficient (Wildman–Crippen LogP) is 4.98. The number of hydrogen-bond acceptors (Lipinski definition) is 8. The van der Waals surface area contributed by atoms with E-state index in [9.17, 15) is 14.6 Å². The van der Waals surface area contributed by atoms with Crippen molar-refractivity contribution < 1.29 is 19.3 Å². The fourth-order valence-electron chi connectivity index (χ4n) is 9.04. The molecule has 232 valence electrons. The Morgan fingerprint density at radius 1 is 1.11 bits per heavy atom. The number of phenols is 1. The van der Waals surface area contributed by atoms with Gasteiger partial charge in [-0.1, -0.05) is 25.1 Å². The molecule has 3 aromatic rings. The van der Waals surface area contributed by atoms with Crippen LogP contribution in [-0.2, 0) is 19.4 Å². The summed E-state index contributed by atoms with van der Waals surface area (Å²) in [6, 6.07) is 7.12. The lowest BCUT2D eigenvalue weighted by Crippen LogP contribution is -2.44. The number of fused-ring (bicyclic) bond motifs is 5. The van der Waals surface area contributed by atoms with Gasteiger partial charge < -0.3 is 24.7 Å². The van der Waals surface area contributed by atoms with Crippen LogP contribution in [0.3, 0.4) is 0 Å². The van der Waals surface area contributed by atoms with Gasteiger partial charge in [-0.25, -0.2) is 4.39 Å². The van der Waals surface area contributed by atoms with Crippen LogP contribution in [0, 0.1) is 17.7 Å². The van der Waals surface area contributed by atoms with Gasteiger partial charge in [-0.05, 0) is 80.5 Å². The van der Waals surface area contributed by atoms with Gasteiger partial charge in [0.15, 0.2) is 0 Å². The Hall–Kier alpha value is -3.43. The highest BCUT2D eigenvalue weighted by Gasteiger charge is 2.47. The number of aromatic nitrogens is 2. The minimum absolute atomic E-state index is 0.0298. The molecule has 2 N–H and O–H groups in total. The van der Waals surface area contributed by atoms with Crippen molar-refractivity contribution in [3.05, 3.63) is 59.1 Å². The predicted molar refractivity (Wildman–Crippen MR) is 169 cm³/mol. The maximum absolute atomic E-state index is 15.0. The number of benzene rings is 2. The molecule has 2 aromatic carbocycles. The minimum atomic E-state index is -0.246. The highest BCUT2D eigenvalue weighted by Crippen LogP contribution is 2.43. The first-order valence-electron chi connectivity index (χ1n) is 16.4. The van der Waals surface area contributed by atoms with Crippen LogP contribution in [0.2, 0.25) is 0 Å². The molecule has 3 saturated heterocycles. The number of rotatable bonds is 6. The molecule has 5 aliphatic rings. The second-order valence-electron chi connectivity index (χ2n) is 13.9. The Morgan fingerprint density at radius 2 is 2.00 bits per heavy atom. The summed E-state index contributed by atoms with van der Waals surface area (Å²) in [7, 11) is 0. The number of ether oxygens (including phenoxy) is 1. The molecular formula is C35H42FN5O3. The number of hydrogen-bond donors (Lipinski definition) is 2. The smallest absolute Gasteiger partial charge is 0.318 e. The summed E-state index contributed by atoms with van der Waals surface area (Å²) >= 11 is 0. The summed E-state index contributed by atoms with van der Waals surface area (Å²) in [6.07, 6.45) is 6.18. The third kappa shape index (κ3) is 4.62. The molecule has 1 unspecified atom stereocenters. The Balaban J connectivity index is 1.17. The average Bonchev–Trinajstić information content (AvgIpc) is 3.62. The Bertz CT molecular complexity index is 1640. The van der Waals surface area contributed by atoms with Crippen LogP contribution in [0.15, 0.2) is 36.4 Å². The van der Waals surface area contributed by atoms with Crippen molar-refractivity contribution in [2.24, 2.45) is 11.8 Å².